The van der Waals surface area contributed by atoms with E-state index in [9.17, 15) is 5.11 Å². The molecule has 0 radical (unpaired) electrons. The summed E-state index contributed by atoms with van der Waals surface area (Å²) in [5.41, 5.74) is 9.12. The molecule has 0 aliphatic rings. The van der Waals surface area contributed by atoms with Gasteiger partial charge in [-0.1, -0.05) is 160 Å². The Bertz CT molecular complexity index is 2550. The summed E-state index contributed by atoms with van der Waals surface area (Å²) < 4.78 is 9.00. The van der Waals surface area contributed by atoms with E-state index < -0.39 is 0 Å². The van der Waals surface area contributed by atoms with Gasteiger partial charge in [0.2, 0.25) is 5.82 Å². The average Bonchev–Trinajstić information content (AvgIpc) is 3.13. The second-order valence-corrected chi connectivity index (χ2v) is 18.0. The minimum atomic E-state index is -0.333. The molecule has 0 aliphatic carbocycles. The van der Waals surface area contributed by atoms with E-state index >= 15 is 0 Å². The van der Waals surface area contributed by atoms with Crippen LogP contribution in [0.15, 0.2) is 103 Å². The topological polar surface area (TPSA) is 72.2 Å². The third kappa shape index (κ3) is 8.00. The minimum absolute atomic E-state index is 0. The summed E-state index contributed by atoms with van der Waals surface area (Å²) in [6.07, 6.45) is 3.91. The molecule has 6 nitrogen and oxygen atoms in total. The molecule has 0 atom stereocenters. The third-order valence-corrected chi connectivity index (χ3v) is 10.2. The Labute approximate surface area is 346 Å². The van der Waals surface area contributed by atoms with Gasteiger partial charge in [-0.3, -0.25) is 0 Å². The van der Waals surface area contributed by atoms with Crippen LogP contribution in [0.2, 0.25) is 0 Å². The van der Waals surface area contributed by atoms with Crippen LogP contribution in [-0.2, 0) is 37.3 Å². The normalized spacial score (nSPS) is 12.3. The maximum Gasteiger partial charge on any atom is 0.305 e. The smallest absolute Gasteiger partial charge is 0.305 e. The Kier molecular flexibility index (Phi) is 11.1. The van der Waals surface area contributed by atoms with Crippen LogP contribution in [0.3, 0.4) is 0 Å². The second-order valence-electron chi connectivity index (χ2n) is 18.0. The Balaban J connectivity index is 0.00000532. The van der Waals surface area contributed by atoms with Gasteiger partial charge in [0.15, 0.2) is 5.52 Å². The van der Waals surface area contributed by atoms with Gasteiger partial charge in [-0.25, -0.2) is 4.40 Å². The summed E-state index contributed by atoms with van der Waals surface area (Å²) in [6.45, 7) is 23.8. The number of benzene rings is 4. The maximum atomic E-state index is 12.2. The standard InChI is InChI=1S/C49H51N4O2.Pt/c1-30(2)44-51-42-38(48(6,7)8)28-39(49(9,10)11)43(54)41(42)45-52-46(37(29-53(44)45)32-20-16-13-17-21-32)55-36-25-34(24-35(27-36)47(3,4)5)40-26-33(22-23-50-40)31-18-14-12-15-19-31;/h12-24,26-30H,1-11H3;/q-1;/p+1. The van der Waals surface area contributed by atoms with Crippen molar-refractivity contribution in [3.05, 3.63) is 132 Å². The third-order valence-electron chi connectivity index (χ3n) is 10.2. The van der Waals surface area contributed by atoms with Gasteiger partial charge in [0.25, 0.3) is 5.65 Å². The average molecular weight is 924 g/mol. The first-order chi connectivity index (χ1) is 25.9. The SMILES string of the molecule is CC(C)c1nc2c(C(C)(C)C)cc(C(C)(C)C)c(O)c2c2nc(Oc3[c-]c(-c4cc(-c5ccccc5)ccn4)cc(C(C)(C)C)c3)c(-c3ccccc3)c[n+]12.[Pt]. The van der Waals surface area contributed by atoms with Crippen LogP contribution in [0.5, 0.6) is 17.4 Å². The van der Waals surface area contributed by atoms with Crippen molar-refractivity contribution in [1.82, 2.24) is 15.0 Å². The van der Waals surface area contributed by atoms with Gasteiger partial charge in [-0.2, -0.15) is 0 Å². The molecule has 7 aromatic rings. The predicted molar refractivity (Wildman–Crippen MR) is 224 cm³/mol. The van der Waals surface area contributed by atoms with E-state index in [1.807, 2.05) is 53.1 Å². The van der Waals surface area contributed by atoms with Crippen molar-refractivity contribution in [3.63, 3.8) is 0 Å². The van der Waals surface area contributed by atoms with Crippen molar-refractivity contribution >= 4 is 16.6 Å². The first kappa shape index (κ1) is 40.7. The van der Waals surface area contributed by atoms with Gasteiger partial charge in [-0.05, 0) is 50.8 Å². The first-order valence-corrected chi connectivity index (χ1v) is 19.2. The Morgan fingerprint density at radius 1 is 0.696 bits per heavy atom. The number of fused-ring (bicyclic) bond motifs is 3. The van der Waals surface area contributed by atoms with Gasteiger partial charge in [-0.15, -0.1) is 22.2 Å². The zero-order valence-electron chi connectivity index (χ0n) is 34.4. The van der Waals surface area contributed by atoms with E-state index in [4.69, 9.17) is 19.7 Å². The molecule has 0 aliphatic heterocycles. The number of aromatic hydroxyl groups is 1. The molecule has 1 N–H and O–H groups in total. The van der Waals surface area contributed by atoms with Crippen LogP contribution in [0, 0.1) is 6.07 Å². The van der Waals surface area contributed by atoms with E-state index in [0.29, 0.717) is 22.7 Å². The van der Waals surface area contributed by atoms with Gasteiger partial charge < -0.3 is 14.8 Å². The van der Waals surface area contributed by atoms with Crippen molar-refractivity contribution in [1.29, 1.82) is 0 Å². The fourth-order valence-corrected chi connectivity index (χ4v) is 7.07. The summed E-state index contributed by atoms with van der Waals surface area (Å²) in [4.78, 5) is 15.5. The van der Waals surface area contributed by atoms with Gasteiger partial charge >= 0.3 is 5.88 Å². The van der Waals surface area contributed by atoms with E-state index in [1.165, 1.54) is 0 Å². The van der Waals surface area contributed by atoms with Gasteiger partial charge in [0.05, 0.1) is 11.8 Å². The number of phenolic OH excluding ortho intramolecular Hbond substituents is 1. The number of ether oxygens (including phenoxy) is 1. The van der Waals surface area contributed by atoms with Crippen LogP contribution >= 0.6 is 0 Å². The molecule has 4 aromatic carbocycles. The molecule has 290 valence electrons. The second kappa shape index (κ2) is 15.2. The molecular weight excluding hydrogens is 872 g/mol. The number of rotatable bonds is 6. The van der Waals surface area contributed by atoms with E-state index in [-0.39, 0.29) is 49.0 Å². The number of hydrogen-bond donors (Lipinski definition) is 1. The first-order valence-electron chi connectivity index (χ1n) is 19.2. The summed E-state index contributed by atoms with van der Waals surface area (Å²) in [7, 11) is 0. The molecule has 3 heterocycles. The van der Waals surface area contributed by atoms with Crippen molar-refractivity contribution in [2.45, 2.75) is 98.3 Å². The van der Waals surface area contributed by atoms with Crippen LogP contribution in [0.4, 0.5) is 0 Å². The zero-order valence-corrected chi connectivity index (χ0v) is 36.6. The monoisotopic (exact) mass is 923 g/mol. The molecule has 0 unspecified atom stereocenters. The number of phenols is 1. The van der Waals surface area contributed by atoms with Crippen LogP contribution in [0.25, 0.3) is 50.1 Å². The van der Waals surface area contributed by atoms with Crippen molar-refractivity contribution in [2.24, 2.45) is 0 Å². The fraction of sp³-hybridized carbons (Fsp3) is 0.306. The van der Waals surface area contributed by atoms with E-state index in [2.05, 4.69) is 137 Å². The van der Waals surface area contributed by atoms with Crippen LogP contribution in [0.1, 0.15) is 105 Å². The van der Waals surface area contributed by atoms with Gasteiger partial charge in [0.1, 0.15) is 11.1 Å². The number of nitrogens with zero attached hydrogens (tertiary/aromatic N) is 4. The Morgan fingerprint density at radius 2 is 1.32 bits per heavy atom. The molecule has 0 amide bonds. The maximum absolute atomic E-state index is 12.2. The minimum Gasteiger partial charge on any atom is -0.507 e. The molecule has 3 aromatic heterocycles. The largest absolute Gasteiger partial charge is 0.507 e. The molecule has 0 bridgehead atoms. The molecule has 0 fully saturated rings. The fourth-order valence-electron chi connectivity index (χ4n) is 7.07. The molecule has 7 heteroatoms. The van der Waals surface area contributed by atoms with Crippen molar-refractivity contribution < 1.29 is 35.3 Å². The number of aromatic nitrogens is 4. The summed E-state index contributed by atoms with van der Waals surface area (Å²) in [6, 6.07) is 34.5. The Hall–Kier alpha value is -4.93. The summed E-state index contributed by atoms with van der Waals surface area (Å²) in [5, 5.41) is 12.8. The summed E-state index contributed by atoms with van der Waals surface area (Å²) >= 11 is 0. The van der Waals surface area contributed by atoms with Crippen molar-refractivity contribution in [3.8, 4) is 50.9 Å². The molecule has 0 saturated carbocycles. The zero-order chi connectivity index (χ0) is 39.4. The van der Waals surface area contributed by atoms with E-state index in [0.717, 1.165) is 61.5 Å². The number of hydrogen-bond acceptors (Lipinski definition) is 5. The Morgan fingerprint density at radius 3 is 1.91 bits per heavy atom. The van der Waals surface area contributed by atoms with Crippen LogP contribution in [-0.4, -0.2) is 20.1 Å². The molecule has 0 spiro atoms. The molecule has 0 saturated heterocycles. The van der Waals surface area contributed by atoms with E-state index in [1.54, 1.807) is 0 Å². The van der Waals surface area contributed by atoms with Crippen molar-refractivity contribution in [2.75, 3.05) is 0 Å². The molecular formula is C49H52N4O2Pt. The quantitative estimate of drug-likeness (QED) is 0.102. The number of pyridine rings is 1. The van der Waals surface area contributed by atoms with Gasteiger partial charge in [0, 0.05) is 50.1 Å². The summed E-state index contributed by atoms with van der Waals surface area (Å²) in [5.74, 6) is 2.03. The predicted octanol–water partition coefficient (Wildman–Crippen LogP) is 12.1. The molecule has 56 heavy (non-hydrogen) atoms. The molecule has 7 rings (SSSR count). The van der Waals surface area contributed by atoms with Crippen LogP contribution < -0.4 is 9.14 Å².